The van der Waals surface area contributed by atoms with Crippen LogP contribution in [0.2, 0.25) is 0 Å². The zero-order valence-corrected chi connectivity index (χ0v) is 10.1. The first-order chi connectivity index (χ1) is 7.34. The van der Waals surface area contributed by atoms with E-state index >= 15 is 0 Å². The van der Waals surface area contributed by atoms with Crippen molar-refractivity contribution in [3.63, 3.8) is 0 Å². The fraction of sp³-hybridized carbons (Fsp3) is 0.727. The fourth-order valence-electron chi connectivity index (χ4n) is 1.99. The van der Waals surface area contributed by atoms with Gasteiger partial charge in [0.2, 0.25) is 0 Å². The second-order valence-corrected chi connectivity index (χ2v) is 5.06. The van der Waals surface area contributed by atoms with Crippen LogP contribution in [0.5, 0.6) is 0 Å². The first-order valence-electron chi connectivity index (χ1n) is 5.71. The topological polar surface area (TPSA) is 37.0 Å². The predicted octanol–water partition coefficient (Wildman–Crippen LogP) is 2.25. The molecule has 2 N–H and O–H groups in total. The molecule has 1 aliphatic heterocycles. The standard InChI is InChI=1S/C11H19N3S/c1-9-8-15-11(14-9)13-7-4-10-2-5-12-6-3-10/h8,10,12H,2-7H2,1H3,(H,13,14). The minimum absolute atomic E-state index is 0.903. The van der Waals surface area contributed by atoms with E-state index < -0.39 is 0 Å². The number of nitrogens with one attached hydrogen (secondary N) is 2. The molecule has 1 aromatic heterocycles. The van der Waals surface area contributed by atoms with Gasteiger partial charge in [-0.3, -0.25) is 0 Å². The molecular weight excluding hydrogens is 206 g/mol. The molecular formula is C11H19N3S. The molecule has 0 unspecified atom stereocenters. The summed E-state index contributed by atoms with van der Waals surface area (Å²) in [6, 6.07) is 0. The van der Waals surface area contributed by atoms with Gasteiger partial charge in [0.1, 0.15) is 0 Å². The van der Waals surface area contributed by atoms with Crippen LogP contribution in [0, 0.1) is 12.8 Å². The van der Waals surface area contributed by atoms with Gasteiger partial charge in [0, 0.05) is 11.9 Å². The first-order valence-corrected chi connectivity index (χ1v) is 6.59. The lowest BCUT2D eigenvalue weighted by Gasteiger charge is -2.22. The molecule has 2 rings (SSSR count). The molecule has 1 aliphatic rings. The maximum atomic E-state index is 4.39. The van der Waals surface area contributed by atoms with E-state index in [2.05, 4.69) is 21.0 Å². The van der Waals surface area contributed by atoms with Gasteiger partial charge in [0.25, 0.3) is 0 Å². The molecule has 0 bridgehead atoms. The fourth-order valence-corrected chi connectivity index (χ4v) is 2.71. The van der Waals surface area contributed by atoms with E-state index in [0.29, 0.717) is 0 Å². The highest BCUT2D eigenvalue weighted by molar-refractivity contribution is 7.13. The SMILES string of the molecule is Cc1csc(NCCC2CCNCC2)n1. The van der Waals surface area contributed by atoms with E-state index in [1.54, 1.807) is 11.3 Å². The summed E-state index contributed by atoms with van der Waals surface area (Å²) < 4.78 is 0. The summed E-state index contributed by atoms with van der Waals surface area (Å²) >= 11 is 1.70. The van der Waals surface area contributed by atoms with Gasteiger partial charge in [-0.05, 0) is 45.2 Å². The van der Waals surface area contributed by atoms with Crippen molar-refractivity contribution < 1.29 is 0 Å². The van der Waals surface area contributed by atoms with Crippen LogP contribution in [0.15, 0.2) is 5.38 Å². The van der Waals surface area contributed by atoms with Gasteiger partial charge < -0.3 is 10.6 Å². The van der Waals surface area contributed by atoms with Crippen molar-refractivity contribution in [3.8, 4) is 0 Å². The van der Waals surface area contributed by atoms with Crippen molar-refractivity contribution in [1.82, 2.24) is 10.3 Å². The Labute approximate surface area is 95.3 Å². The average Bonchev–Trinajstić information content (AvgIpc) is 2.66. The highest BCUT2D eigenvalue weighted by Crippen LogP contribution is 2.18. The molecule has 4 heteroatoms. The number of hydrogen-bond acceptors (Lipinski definition) is 4. The molecule has 0 atom stereocenters. The number of hydrogen-bond donors (Lipinski definition) is 2. The molecule has 0 radical (unpaired) electrons. The Balaban J connectivity index is 1.65. The average molecular weight is 225 g/mol. The van der Waals surface area contributed by atoms with Crippen LogP contribution in [0.1, 0.15) is 25.0 Å². The van der Waals surface area contributed by atoms with E-state index in [0.717, 1.165) is 23.3 Å². The van der Waals surface area contributed by atoms with Gasteiger partial charge in [-0.15, -0.1) is 11.3 Å². The number of thiazole rings is 1. The van der Waals surface area contributed by atoms with E-state index in [4.69, 9.17) is 0 Å². The quantitative estimate of drug-likeness (QED) is 0.825. The van der Waals surface area contributed by atoms with Crippen molar-refractivity contribution >= 4 is 16.5 Å². The minimum atomic E-state index is 0.903. The van der Waals surface area contributed by atoms with Gasteiger partial charge in [-0.1, -0.05) is 0 Å². The molecule has 3 nitrogen and oxygen atoms in total. The largest absolute Gasteiger partial charge is 0.362 e. The minimum Gasteiger partial charge on any atom is -0.362 e. The highest BCUT2D eigenvalue weighted by Gasteiger charge is 2.12. The van der Waals surface area contributed by atoms with Crippen LogP contribution >= 0.6 is 11.3 Å². The molecule has 1 saturated heterocycles. The lowest BCUT2D eigenvalue weighted by molar-refractivity contribution is 0.361. The van der Waals surface area contributed by atoms with E-state index in [1.807, 2.05) is 6.92 Å². The summed E-state index contributed by atoms with van der Waals surface area (Å²) in [6.07, 6.45) is 3.94. The van der Waals surface area contributed by atoms with E-state index in [-0.39, 0.29) is 0 Å². The van der Waals surface area contributed by atoms with Gasteiger partial charge in [0.05, 0.1) is 5.69 Å². The Morgan fingerprint density at radius 3 is 3.00 bits per heavy atom. The molecule has 15 heavy (non-hydrogen) atoms. The molecule has 0 amide bonds. The number of nitrogens with zero attached hydrogens (tertiary/aromatic N) is 1. The monoisotopic (exact) mass is 225 g/mol. The second kappa shape index (κ2) is 5.47. The van der Waals surface area contributed by atoms with E-state index in [1.165, 1.54) is 32.4 Å². The third-order valence-electron chi connectivity index (χ3n) is 2.91. The molecule has 84 valence electrons. The van der Waals surface area contributed by atoms with Crippen LogP contribution in [-0.2, 0) is 0 Å². The van der Waals surface area contributed by atoms with Crippen LogP contribution < -0.4 is 10.6 Å². The highest BCUT2D eigenvalue weighted by atomic mass is 32.1. The summed E-state index contributed by atoms with van der Waals surface area (Å²) in [7, 11) is 0. The molecule has 1 aromatic rings. The Bertz CT molecular complexity index is 292. The second-order valence-electron chi connectivity index (χ2n) is 4.20. The molecule has 0 spiro atoms. The third kappa shape index (κ3) is 3.47. The first kappa shape index (κ1) is 10.9. The Morgan fingerprint density at radius 2 is 2.33 bits per heavy atom. The van der Waals surface area contributed by atoms with E-state index in [9.17, 15) is 0 Å². The summed E-state index contributed by atoms with van der Waals surface area (Å²) in [4.78, 5) is 4.39. The number of aromatic nitrogens is 1. The number of aryl methyl sites for hydroxylation is 1. The van der Waals surface area contributed by atoms with Crippen LogP contribution in [0.25, 0.3) is 0 Å². The smallest absolute Gasteiger partial charge is 0.182 e. The predicted molar refractivity (Wildman–Crippen MR) is 65.6 cm³/mol. The summed E-state index contributed by atoms with van der Waals surface area (Å²) in [5.41, 5.74) is 1.12. The van der Waals surface area contributed by atoms with Crippen molar-refractivity contribution in [1.29, 1.82) is 0 Å². The maximum absolute atomic E-state index is 4.39. The Kier molecular flexibility index (Phi) is 3.97. The molecule has 0 saturated carbocycles. The number of rotatable bonds is 4. The van der Waals surface area contributed by atoms with Gasteiger partial charge in [0.15, 0.2) is 5.13 Å². The molecule has 0 aliphatic carbocycles. The Hall–Kier alpha value is -0.610. The summed E-state index contributed by atoms with van der Waals surface area (Å²) in [5.74, 6) is 0.903. The molecule has 2 heterocycles. The van der Waals surface area contributed by atoms with Crippen LogP contribution in [-0.4, -0.2) is 24.6 Å². The number of piperidine rings is 1. The maximum Gasteiger partial charge on any atom is 0.182 e. The van der Waals surface area contributed by atoms with Gasteiger partial charge >= 0.3 is 0 Å². The lowest BCUT2D eigenvalue weighted by Crippen LogP contribution is -2.28. The normalized spacial score (nSPS) is 17.9. The van der Waals surface area contributed by atoms with Crippen LogP contribution in [0.3, 0.4) is 0 Å². The molecule has 0 aromatic carbocycles. The van der Waals surface area contributed by atoms with Crippen molar-refractivity contribution in [2.24, 2.45) is 5.92 Å². The summed E-state index contributed by atoms with van der Waals surface area (Å²) in [6.45, 7) is 5.49. The van der Waals surface area contributed by atoms with Crippen molar-refractivity contribution in [2.75, 3.05) is 25.0 Å². The van der Waals surface area contributed by atoms with Crippen molar-refractivity contribution in [2.45, 2.75) is 26.2 Å². The number of anilines is 1. The lowest BCUT2D eigenvalue weighted by atomic mass is 9.95. The van der Waals surface area contributed by atoms with Gasteiger partial charge in [-0.2, -0.15) is 0 Å². The zero-order chi connectivity index (χ0) is 10.5. The zero-order valence-electron chi connectivity index (χ0n) is 9.25. The third-order valence-corrected chi connectivity index (χ3v) is 3.82. The van der Waals surface area contributed by atoms with Gasteiger partial charge in [-0.25, -0.2) is 4.98 Å². The van der Waals surface area contributed by atoms with Crippen molar-refractivity contribution in [3.05, 3.63) is 11.1 Å². The Morgan fingerprint density at radius 1 is 1.53 bits per heavy atom. The molecule has 1 fully saturated rings. The summed E-state index contributed by atoms with van der Waals surface area (Å²) in [5, 5.41) is 9.96. The van der Waals surface area contributed by atoms with Crippen LogP contribution in [0.4, 0.5) is 5.13 Å².